The molecule has 1 fully saturated rings. The third-order valence-electron chi connectivity index (χ3n) is 2.45. The molecule has 1 aliphatic heterocycles. The predicted octanol–water partition coefficient (Wildman–Crippen LogP) is 0.248. The van der Waals surface area contributed by atoms with E-state index in [4.69, 9.17) is 16.1 Å². The van der Waals surface area contributed by atoms with Gasteiger partial charge in [-0.25, -0.2) is 6.08 Å². The molecule has 2 atom stereocenters. The van der Waals surface area contributed by atoms with Crippen LogP contribution in [0.1, 0.15) is 39.0 Å². The van der Waals surface area contributed by atoms with E-state index < -0.39 is 0 Å². The average Bonchev–Trinajstić information content (AvgIpc) is 2.29. The van der Waals surface area contributed by atoms with Crippen molar-refractivity contribution in [2.75, 3.05) is 6.61 Å². The number of allylic oxidation sites excluding steroid dienone is 1. The first-order valence-corrected chi connectivity index (χ1v) is 5.84. The Morgan fingerprint density at radius 2 is 2.25 bits per heavy atom. The van der Waals surface area contributed by atoms with Gasteiger partial charge in [0.15, 0.2) is 6.29 Å². The Morgan fingerprint density at radius 3 is 2.81 bits per heavy atom. The smallest absolute Gasteiger partial charge is 0.515 e. The molecule has 86 valence electrons. The third-order valence-corrected chi connectivity index (χ3v) is 2.45. The van der Waals surface area contributed by atoms with Crippen molar-refractivity contribution in [1.82, 2.24) is 0 Å². The summed E-state index contributed by atoms with van der Waals surface area (Å²) < 4.78 is 11.2. The quantitative estimate of drug-likeness (QED) is 0.360. The topological polar surface area (TPSA) is 18.5 Å². The minimum Gasteiger partial charge on any atom is -0.515 e. The van der Waals surface area contributed by atoms with Crippen LogP contribution in [0.2, 0.25) is 0 Å². The van der Waals surface area contributed by atoms with Gasteiger partial charge in [0, 0.05) is 6.61 Å². The van der Waals surface area contributed by atoms with Crippen LogP contribution >= 0.6 is 0 Å². The second kappa shape index (κ2) is 10.2. The molecule has 0 N–H and O–H groups in total. The summed E-state index contributed by atoms with van der Waals surface area (Å²) in [6.07, 6.45) is 11.0. The van der Waals surface area contributed by atoms with Crippen LogP contribution in [0.4, 0.5) is 0 Å². The number of hydrogen-bond acceptors (Lipinski definition) is 2. The summed E-state index contributed by atoms with van der Waals surface area (Å²) in [5.74, 6) is 0. The molecular formula is C13H21LiO2. The standard InChI is InChI=1S/C13H21O2.Li/c1-3-5-6-9-12(4-2)15-13-10-7-8-11-14-13;/h2,4-6,12-13H,3,7-11H2,1H3;/q-1;+1/b6-5-;/t12-,13?;/m1./s1. The van der Waals surface area contributed by atoms with Crippen molar-refractivity contribution in [3.05, 3.63) is 24.8 Å². The van der Waals surface area contributed by atoms with Gasteiger partial charge < -0.3 is 16.1 Å². The first kappa shape index (κ1) is 16.0. The summed E-state index contributed by atoms with van der Waals surface area (Å²) in [7, 11) is 0. The summed E-state index contributed by atoms with van der Waals surface area (Å²) >= 11 is 0. The van der Waals surface area contributed by atoms with E-state index in [1.807, 2.05) is 0 Å². The normalized spacial score (nSPS) is 22.7. The Kier molecular flexibility index (Phi) is 10.2. The monoisotopic (exact) mass is 216 g/mol. The van der Waals surface area contributed by atoms with Crippen LogP contribution in [-0.2, 0) is 9.47 Å². The van der Waals surface area contributed by atoms with Gasteiger partial charge in [0.2, 0.25) is 0 Å². The van der Waals surface area contributed by atoms with Crippen molar-refractivity contribution in [3.63, 3.8) is 0 Å². The zero-order chi connectivity index (χ0) is 10.9. The number of ether oxygens (including phenoxy) is 2. The van der Waals surface area contributed by atoms with E-state index in [1.165, 1.54) is 6.42 Å². The molecule has 0 aromatic rings. The molecule has 0 aliphatic carbocycles. The molecular weight excluding hydrogens is 195 g/mol. The summed E-state index contributed by atoms with van der Waals surface area (Å²) in [6, 6.07) is 0. The SMILES string of the molecule is [CH-]=C[C@H](C/C=C\CC)OC1CCCCO1.[Li+]. The summed E-state index contributed by atoms with van der Waals surface area (Å²) in [6.45, 7) is 8.46. The summed E-state index contributed by atoms with van der Waals surface area (Å²) in [5.41, 5.74) is 0. The molecule has 1 unspecified atom stereocenters. The molecule has 3 heteroatoms. The van der Waals surface area contributed by atoms with Gasteiger partial charge in [-0.3, -0.25) is 0 Å². The third kappa shape index (κ3) is 6.55. The van der Waals surface area contributed by atoms with Crippen LogP contribution in [0, 0.1) is 6.58 Å². The molecule has 0 saturated carbocycles. The van der Waals surface area contributed by atoms with Gasteiger partial charge in [0.05, 0.1) is 6.10 Å². The van der Waals surface area contributed by atoms with E-state index in [9.17, 15) is 0 Å². The first-order chi connectivity index (χ1) is 7.36. The maximum absolute atomic E-state index is 5.73. The zero-order valence-corrected chi connectivity index (χ0v) is 10.5. The van der Waals surface area contributed by atoms with Gasteiger partial charge in [0.1, 0.15) is 0 Å². The molecule has 1 saturated heterocycles. The van der Waals surface area contributed by atoms with Crippen LogP contribution in [0.25, 0.3) is 0 Å². The fourth-order valence-electron chi connectivity index (χ4n) is 1.59. The van der Waals surface area contributed by atoms with Crippen LogP contribution < -0.4 is 18.9 Å². The maximum Gasteiger partial charge on any atom is 1.00 e. The van der Waals surface area contributed by atoms with Crippen molar-refractivity contribution >= 4 is 0 Å². The van der Waals surface area contributed by atoms with Crippen molar-refractivity contribution < 1.29 is 28.3 Å². The van der Waals surface area contributed by atoms with Gasteiger partial charge in [-0.05, 0) is 32.1 Å². The summed E-state index contributed by atoms with van der Waals surface area (Å²) in [4.78, 5) is 0. The largest absolute Gasteiger partial charge is 1.00 e. The van der Waals surface area contributed by atoms with Crippen LogP contribution in [0.5, 0.6) is 0 Å². The second-order valence-electron chi connectivity index (χ2n) is 3.78. The van der Waals surface area contributed by atoms with E-state index in [0.717, 1.165) is 32.3 Å². The second-order valence-corrected chi connectivity index (χ2v) is 3.78. The van der Waals surface area contributed by atoms with Crippen molar-refractivity contribution in [2.24, 2.45) is 0 Å². The van der Waals surface area contributed by atoms with E-state index in [-0.39, 0.29) is 31.3 Å². The minimum atomic E-state index is -0.0569. The molecule has 0 aromatic heterocycles. The van der Waals surface area contributed by atoms with E-state index in [1.54, 1.807) is 6.08 Å². The Labute approximate surface area is 111 Å². The molecule has 0 bridgehead atoms. The van der Waals surface area contributed by atoms with Gasteiger partial charge in [0.25, 0.3) is 0 Å². The van der Waals surface area contributed by atoms with Gasteiger partial charge in [-0.1, -0.05) is 19.1 Å². The van der Waals surface area contributed by atoms with Crippen molar-refractivity contribution in [3.8, 4) is 0 Å². The molecule has 16 heavy (non-hydrogen) atoms. The Morgan fingerprint density at radius 1 is 1.44 bits per heavy atom. The van der Waals surface area contributed by atoms with Crippen LogP contribution in [-0.4, -0.2) is 19.0 Å². The molecule has 0 aromatic carbocycles. The molecule has 1 rings (SSSR count). The maximum atomic E-state index is 5.73. The van der Waals surface area contributed by atoms with Gasteiger partial charge in [-0.15, -0.1) is 0 Å². The average molecular weight is 216 g/mol. The summed E-state index contributed by atoms with van der Waals surface area (Å²) in [5, 5.41) is 0. The fourth-order valence-corrected chi connectivity index (χ4v) is 1.59. The van der Waals surface area contributed by atoms with E-state index in [0.29, 0.717) is 0 Å². The van der Waals surface area contributed by atoms with Crippen LogP contribution in [0.3, 0.4) is 0 Å². The van der Waals surface area contributed by atoms with Gasteiger partial charge in [-0.2, -0.15) is 0 Å². The van der Waals surface area contributed by atoms with Gasteiger partial charge >= 0.3 is 18.9 Å². The van der Waals surface area contributed by atoms with Crippen LogP contribution in [0.15, 0.2) is 18.2 Å². The molecule has 1 heterocycles. The zero-order valence-electron chi connectivity index (χ0n) is 10.5. The Bertz CT molecular complexity index is 198. The molecule has 0 spiro atoms. The van der Waals surface area contributed by atoms with E-state index >= 15 is 0 Å². The fraction of sp³-hybridized carbons (Fsp3) is 0.692. The number of rotatable bonds is 6. The van der Waals surface area contributed by atoms with Crippen molar-refractivity contribution in [1.29, 1.82) is 0 Å². The number of hydrogen-bond donors (Lipinski definition) is 0. The Balaban J connectivity index is 0.00000225. The molecule has 0 amide bonds. The minimum absolute atomic E-state index is 0. The predicted molar refractivity (Wildman–Crippen MR) is 61.4 cm³/mol. The first-order valence-electron chi connectivity index (χ1n) is 5.84. The van der Waals surface area contributed by atoms with E-state index in [2.05, 4.69) is 19.1 Å². The molecule has 1 aliphatic rings. The Hall–Kier alpha value is -0.00260. The van der Waals surface area contributed by atoms with Crippen molar-refractivity contribution in [2.45, 2.75) is 51.4 Å². The molecule has 2 nitrogen and oxygen atoms in total. The molecule has 0 radical (unpaired) electrons.